The van der Waals surface area contributed by atoms with E-state index < -0.39 is 9.84 Å². The van der Waals surface area contributed by atoms with E-state index in [0.717, 1.165) is 35.6 Å². The Morgan fingerprint density at radius 2 is 0.633 bits per heavy atom. The van der Waals surface area contributed by atoms with E-state index in [1.807, 2.05) is 24.3 Å². The lowest BCUT2D eigenvalue weighted by Gasteiger charge is -2.11. The number of hydrogen-bond donors (Lipinski definition) is 2. The summed E-state index contributed by atoms with van der Waals surface area (Å²) in [6.07, 6.45) is 23.6. The number of benzene rings is 4. The fourth-order valence-electron chi connectivity index (χ4n) is 6.34. The molecule has 0 aromatic heterocycles. The second-order valence-corrected chi connectivity index (χ2v) is 15.6. The van der Waals surface area contributed by atoms with E-state index in [2.05, 4.69) is 73.0 Å². The number of unbranched alkanes of at least 4 members (excludes halogenated alkanes) is 14. The van der Waals surface area contributed by atoms with Crippen molar-refractivity contribution in [1.82, 2.24) is 0 Å². The molecule has 49 heavy (non-hydrogen) atoms. The molecule has 0 aliphatic rings. The van der Waals surface area contributed by atoms with Gasteiger partial charge in [0, 0.05) is 22.7 Å². The third-order valence-electron chi connectivity index (χ3n) is 9.45. The van der Waals surface area contributed by atoms with Crippen molar-refractivity contribution in [2.75, 3.05) is 10.6 Å². The summed E-state index contributed by atoms with van der Waals surface area (Å²) in [4.78, 5) is 0.568. The van der Waals surface area contributed by atoms with Gasteiger partial charge in [0.25, 0.3) is 0 Å². The molecule has 0 spiro atoms. The first-order valence-corrected chi connectivity index (χ1v) is 20.6. The number of rotatable bonds is 24. The average Bonchev–Trinajstić information content (AvgIpc) is 3.12. The highest BCUT2D eigenvalue weighted by atomic mass is 32.2. The van der Waals surface area contributed by atoms with E-state index in [1.54, 1.807) is 24.3 Å². The van der Waals surface area contributed by atoms with Crippen molar-refractivity contribution >= 4 is 32.6 Å². The molecule has 4 aromatic carbocycles. The van der Waals surface area contributed by atoms with E-state index >= 15 is 0 Å². The Balaban J connectivity index is 1.19. The number of sulfone groups is 1. The Hall–Kier alpha value is -3.57. The monoisotopic (exact) mass is 680 g/mol. The molecule has 0 unspecified atom stereocenters. The lowest BCUT2D eigenvalue weighted by molar-refractivity contribution is 0.575. The Morgan fingerprint density at radius 3 is 0.939 bits per heavy atom. The van der Waals surface area contributed by atoms with Gasteiger partial charge in [-0.1, -0.05) is 128 Å². The molecule has 0 aliphatic heterocycles. The average molecular weight is 681 g/mol. The molecule has 0 aliphatic carbocycles. The predicted octanol–water partition coefficient (Wildman–Crippen LogP) is 13.4. The van der Waals surface area contributed by atoms with Gasteiger partial charge in [-0.15, -0.1) is 0 Å². The van der Waals surface area contributed by atoms with Crippen molar-refractivity contribution in [1.29, 1.82) is 0 Å². The highest BCUT2D eigenvalue weighted by molar-refractivity contribution is 7.91. The molecule has 0 atom stereocenters. The fourth-order valence-corrected chi connectivity index (χ4v) is 7.60. The van der Waals surface area contributed by atoms with Gasteiger partial charge < -0.3 is 10.6 Å². The van der Waals surface area contributed by atoms with Crippen LogP contribution in [0.4, 0.5) is 22.7 Å². The molecule has 2 N–H and O–H groups in total. The van der Waals surface area contributed by atoms with Crippen molar-refractivity contribution in [3.63, 3.8) is 0 Å². The molecule has 5 heteroatoms. The zero-order chi connectivity index (χ0) is 34.6. The van der Waals surface area contributed by atoms with Crippen LogP contribution >= 0.6 is 0 Å². The Bertz CT molecular complexity index is 1450. The molecule has 264 valence electrons. The van der Waals surface area contributed by atoms with Gasteiger partial charge in [0.2, 0.25) is 9.84 Å². The third-order valence-corrected chi connectivity index (χ3v) is 11.2. The quantitative estimate of drug-likeness (QED) is 0.0723. The lowest BCUT2D eigenvalue weighted by Crippen LogP contribution is -2.02. The predicted molar refractivity (Wildman–Crippen MR) is 210 cm³/mol. The minimum absolute atomic E-state index is 0.284. The molecule has 0 fully saturated rings. The smallest absolute Gasteiger partial charge is 0.206 e. The minimum atomic E-state index is -3.62. The minimum Gasteiger partial charge on any atom is -0.356 e. The maximum Gasteiger partial charge on any atom is 0.206 e. The zero-order valence-electron chi connectivity index (χ0n) is 30.2. The number of nitrogens with one attached hydrogen (secondary N) is 2. The van der Waals surface area contributed by atoms with Crippen LogP contribution in [0.2, 0.25) is 0 Å². The van der Waals surface area contributed by atoms with Gasteiger partial charge in [0.05, 0.1) is 9.79 Å². The molecule has 0 heterocycles. The van der Waals surface area contributed by atoms with E-state index in [0.29, 0.717) is 0 Å². The van der Waals surface area contributed by atoms with Crippen LogP contribution in [0.25, 0.3) is 0 Å². The topological polar surface area (TPSA) is 58.2 Å². The van der Waals surface area contributed by atoms with Gasteiger partial charge in [-0.25, -0.2) is 8.42 Å². The van der Waals surface area contributed by atoms with Crippen molar-refractivity contribution < 1.29 is 8.42 Å². The number of aryl methyl sites for hydroxylation is 2. The van der Waals surface area contributed by atoms with Gasteiger partial charge in [-0.2, -0.15) is 0 Å². The Morgan fingerprint density at radius 1 is 0.367 bits per heavy atom. The third kappa shape index (κ3) is 13.7. The Kier molecular flexibility index (Phi) is 16.8. The maximum atomic E-state index is 13.4. The summed E-state index contributed by atoms with van der Waals surface area (Å²) in [6.45, 7) is 4.53. The summed E-state index contributed by atoms with van der Waals surface area (Å²) < 4.78 is 26.8. The van der Waals surface area contributed by atoms with Crippen LogP contribution in [0.5, 0.6) is 0 Å². The SMILES string of the molecule is CCCCCCCCCCc1ccc(Nc2ccc(S(=O)(=O)c3ccc(Nc4ccc(CCCCCCCCCC)cc4)cc3)cc2)cc1. The molecule has 0 saturated carbocycles. The lowest BCUT2D eigenvalue weighted by atomic mass is 10.0. The molecule has 4 aromatic rings. The molecular weight excluding hydrogens is 621 g/mol. The van der Waals surface area contributed by atoms with Gasteiger partial charge in [-0.3, -0.25) is 0 Å². The summed E-state index contributed by atoms with van der Waals surface area (Å²) in [5, 5.41) is 6.81. The second-order valence-electron chi connectivity index (χ2n) is 13.6. The van der Waals surface area contributed by atoms with Gasteiger partial charge >= 0.3 is 0 Å². The normalized spacial score (nSPS) is 11.5. The van der Waals surface area contributed by atoms with Crippen LogP contribution in [0.3, 0.4) is 0 Å². The summed E-state index contributed by atoms with van der Waals surface area (Å²) in [5.41, 5.74) is 6.44. The van der Waals surface area contributed by atoms with Crippen LogP contribution < -0.4 is 10.6 Å². The Labute approximate surface area is 298 Å². The molecule has 0 radical (unpaired) electrons. The van der Waals surface area contributed by atoms with Crippen LogP contribution in [0, 0.1) is 0 Å². The van der Waals surface area contributed by atoms with E-state index in [-0.39, 0.29) is 9.79 Å². The summed E-state index contributed by atoms with van der Waals surface area (Å²) in [5.74, 6) is 0. The molecule has 0 amide bonds. The highest BCUT2D eigenvalue weighted by Gasteiger charge is 2.17. The van der Waals surface area contributed by atoms with Gasteiger partial charge in [-0.05, 0) is 110 Å². The molecule has 4 nitrogen and oxygen atoms in total. The van der Waals surface area contributed by atoms with E-state index in [1.165, 1.54) is 114 Å². The first-order valence-electron chi connectivity index (χ1n) is 19.1. The van der Waals surface area contributed by atoms with Gasteiger partial charge in [0.1, 0.15) is 0 Å². The summed E-state index contributed by atoms with van der Waals surface area (Å²) in [7, 11) is -3.62. The molecule has 0 bridgehead atoms. The summed E-state index contributed by atoms with van der Waals surface area (Å²) >= 11 is 0. The van der Waals surface area contributed by atoms with Crippen molar-refractivity contribution in [3.05, 3.63) is 108 Å². The van der Waals surface area contributed by atoms with Crippen LogP contribution in [0.1, 0.15) is 128 Å². The van der Waals surface area contributed by atoms with Gasteiger partial charge in [0.15, 0.2) is 0 Å². The largest absolute Gasteiger partial charge is 0.356 e. The first-order chi connectivity index (χ1) is 24.0. The molecular formula is C44H60N2O2S. The van der Waals surface area contributed by atoms with Crippen LogP contribution in [-0.4, -0.2) is 8.42 Å². The fraction of sp³-hybridized carbons (Fsp3) is 0.455. The van der Waals surface area contributed by atoms with Crippen molar-refractivity contribution in [2.45, 2.75) is 139 Å². The number of hydrogen-bond acceptors (Lipinski definition) is 4. The second kappa shape index (κ2) is 21.5. The van der Waals surface area contributed by atoms with E-state index in [4.69, 9.17) is 0 Å². The van der Waals surface area contributed by atoms with Crippen LogP contribution in [-0.2, 0) is 22.7 Å². The first kappa shape index (κ1) is 38.2. The van der Waals surface area contributed by atoms with Crippen molar-refractivity contribution in [3.8, 4) is 0 Å². The van der Waals surface area contributed by atoms with E-state index in [9.17, 15) is 8.42 Å². The zero-order valence-corrected chi connectivity index (χ0v) is 31.0. The molecule has 4 rings (SSSR count). The standard InChI is InChI=1S/C44H60N2O2S/c1-3-5-7-9-11-13-15-17-19-37-21-25-39(26-22-37)45-41-29-33-43(34-30-41)49(47,48)44-35-31-42(32-36-44)46-40-27-23-38(24-28-40)20-18-16-14-12-10-8-6-4-2/h21-36,45-46H,3-20H2,1-2H3. The molecule has 0 saturated heterocycles. The van der Waals surface area contributed by atoms with Crippen molar-refractivity contribution in [2.24, 2.45) is 0 Å². The maximum absolute atomic E-state index is 13.4. The summed E-state index contributed by atoms with van der Waals surface area (Å²) in [6, 6.07) is 31.2. The van der Waals surface area contributed by atoms with Crippen LogP contribution in [0.15, 0.2) is 107 Å². The number of anilines is 4. The highest BCUT2D eigenvalue weighted by Crippen LogP contribution is 2.27.